The highest BCUT2D eigenvalue weighted by Gasteiger charge is 2.19. The standard InChI is InChI=1S/C25H26O3/c1-18-10-15-22(23(16-18)25(2,3)4)19-11-13-20(14-12-19)24(26)28-17-27-21-8-6-5-7-9-21/h5-16H,17H2,1-4H3. The average molecular weight is 374 g/mol. The van der Waals surface area contributed by atoms with Crippen LogP contribution in [-0.2, 0) is 10.2 Å². The lowest BCUT2D eigenvalue weighted by molar-refractivity contribution is 0.0154. The van der Waals surface area contributed by atoms with E-state index in [1.807, 2.05) is 42.5 Å². The first-order chi connectivity index (χ1) is 13.3. The number of carbonyl (C=O) groups excluding carboxylic acids is 1. The summed E-state index contributed by atoms with van der Waals surface area (Å²) >= 11 is 0. The normalized spacial score (nSPS) is 11.1. The van der Waals surface area contributed by atoms with E-state index in [2.05, 4.69) is 45.9 Å². The summed E-state index contributed by atoms with van der Waals surface area (Å²) in [6.45, 7) is 8.63. The minimum absolute atomic E-state index is 0.0354. The van der Waals surface area contributed by atoms with Crippen LogP contribution in [0.5, 0.6) is 5.75 Å². The van der Waals surface area contributed by atoms with Gasteiger partial charge in [0.05, 0.1) is 5.56 Å². The van der Waals surface area contributed by atoms with Crippen LogP contribution in [0.4, 0.5) is 0 Å². The van der Waals surface area contributed by atoms with Crippen LogP contribution in [0, 0.1) is 6.92 Å². The fourth-order valence-corrected chi connectivity index (χ4v) is 3.07. The number of esters is 1. The molecule has 3 aromatic rings. The molecule has 0 bridgehead atoms. The molecule has 0 aliphatic heterocycles. The first-order valence-corrected chi connectivity index (χ1v) is 9.41. The first kappa shape index (κ1) is 19.7. The second kappa shape index (κ2) is 8.30. The number of ether oxygens (including phenoxy) is 2. The molecule has 144 valence electrons. The largest absolute Gasteiger partial charge is 0.457 e. The second-order valence-electron chi connectivity index (χ2n) is 7.88. The zero-order chi connectivity index (χ0) is 20.1. The van der Waals surface area contributed by atoms with E-state index < -0.39 is 5.97 Å². The molecule has 3 rings (SSSR count). The summed E-state index contributed by atoms with van der Waals surface area (Å²) < 4.78 is 10.6. The van der Waals surface area contributed by atoms with Gasteiger partial charge in [-0.2, -0.15) is 0 Å². The van der Waals surface area contributed by atoms with Gasteiger partial charge in [0.15, 0.2) is 0 Å². The molecule has 28 heavy (non-hydrogen) atoms. The van der Waals surface area contributed by atoms with E-state index in [4.69, 9.17) is 9.47 Å². The van der Waals surface area contributed by atoms with Crippen LogP contribution in [0.1, 0.15) is 42.3 Å². The number of carbonyl (C=O) groups is 1. The van der Waals surface area contributed by atoms with Crippen molar-refractivity contribution in [2.24, 2.45) is 0 Å². The number of rotatable bonds is 5. The molecule has 0 N–H and O–H groups in total. The van der Waals surface area contributed by atoms with E-state index in [0.29, 0.717) is 11.3 Å². The zero-order valence-electron chi connectivity index (χ0n) is 16.9. The van der Waals surface area contributed by atoms with Crippen molar-refractivity contribution in [3.05, 3.63) is 89.5 Å². The van der Waals surface area contributed by atoms with E-state index in [1.165, 1.54) is 16.7 Å². The van der Waals surface area contributed by atoms with Gasteiger partial charge in [0.25, 0.3) is 0 Å². The van der Waals surface area contributed by atoms with Crippen molar-refractivity contribution >= 4 is 5.97 Å². The molecule has 0 saturated carbocycles. The Morgan fingerprint density at radius 2 is 1.57 bits per heavy atom. The lowest BCUT2D eigenvalue weighted by Gasteiger charge is -2.24. The zero-order valence-corrected chi connectivity index (χ0v) is 16.9. The Bertz CT molecular complexity index is 936. The number of para-hydroxylation sites is 1. The SMILES string of the molecule is Cc1ccc(-c2ccc(C(=O)OCOc3ccccc3)cc2)c(C(C)(C)C)c1. The van der Waals surface area contributed by atoms with Crippen LogP contribution >= 0.6 is 0 Å². The Balaban J connectivity index is 1.71. The molecule has 0 aliphatic rings. The molecule has 3 aromatic carbocycles. The molecule has 0 atom stereocenters. The maximum atomic E-state index is 12.3. The highest BCUT2D eigenvalue weighted by molar-refractivity contribution is 5.90. The molecule has 0 amide bonds. The number of aryl methyl sites for hydroxylation is 1. The summed E-state index contributed by atoms with van der Waals surface area (Å²) in [5, 5.41) is 0. The van der Waals surface area contributed by atoms with Gasteiger partial charge in [0.1, 0.15) is 5.75 Å². The van der Waals surface area contributed by atoms with E-state index in [0.717, 1.165) is 5.56 Å². The third kappa shape index (κ3) is 4.80. The second-order valence-corrected chi connectivity index (χ2v) is 7.88. The van der Waals surface area contributed by atoms with Crippen molar-refractivity contribution in [2.75, 3.05) is 6.79 Å². The molecule has 0 saturated heterocycles. The van der Waals surface area contributed by atoms with Crippen LogP contribution in [0.3, 0.4) is 0 Å². The molecule has 0 heterocycles. The van der Waals surface area contributed by atoms with Crippen LogP contribution in [0.25, 0.3) is 11.1 Å². The Hall–Kier alpha value is -3.07. The molecule has 0 aromatic heterocycles. The van der Waals surface area contributed by atoms with Crippen molar-refractivity contribution < 1.29 is 14.3 Å². The van der Waals surface area contributed by atoms with Crippen molar-refractivity contribution in [3.8, 4) is 16.9 Å². The summed E-state index contributed by atoms with van der Waals surface area (Å²) in [6, 6.07) is 23.3. The summed E-state index contributed by atoms with van der Waals surface area (Å²) in [5.41, 5.74) is 5.34. The Kier molecular flexibility index (Phi) is 5.84. The minimum Gasteiger partial charge on any atom is -0.457 e. The highest BCUT2D eigenvalue weighted by Crippen LogP contribution is 2.33. The number of hydrogen-bond acceptors (Lipinski definition) is 3. The van der Waals surface area contributed by atoms with Crippen LogP contribution in [0.15, 0.2) is 72.8 Å². The monoisotopic (exact) mass is 374 g/mol. The quantitative estimate of drug-likeness (QED) is 0.397. The number of hydrogen-bond donors (Lipinski definition) is 0. The van der Waals surface area contributed by atoms with Gasteiger partial charge in [-0.15, -0.1) is 0 Å². The molecular weight excluding hydrogens is 348 g/mol. The Morgan fingerprint density at radius 3 is 2.21 bits per heavy atom. The predicted octanol–water partition coefficient (Wildman–Crippen LogP) is 6.15. The summed E-state index contributed by atoms with van der Waals surface area (Å²) in [5.74, 6) is 0.266. The van der Waals surface area contributed by atoms with Gasteiger partial charge >= 0.3 is 5.97 Å². The maximum absolute atomic E-state index is 12.3. The number of benzene rings is 3. The van der Waals surface area contributed by atoms with Gasteiger partial charge in [0.2, 0.25) is 6.79 Å². The maximum Gasteiger partial charge on any atom is 0.340 e. The fourth-order valence-electron chi connectivity index (χ4n) is 3.07. The van der Waals surface area contributed by atoms with Gasteiger partial charge in [-0.1, -0.05) is 74.9 Å². The Morgan fingerprint density at radius 1 is 0.893 bits per heavy atom. The van der Waals surface area contributed by atoms with Gasteiger partial charge in [-0.3, -0.25) is 0 Å². The Labute approximate surface area is 166 Å². The van der Waals surface area contributed by atoms with Crippen molar-refractivity contribution in [1.29, 1.82) is 0 Å². The molecule has 0 radical (unpaired) electrons. The lowest BCUT2D eigenvalue weighted by Crippen LogP contribution is -2.13. The van der Waals surface area contributed by atoms with Gasteiger partial charge < -0.3 is 9.47 Å². The van der Waals surface area contributed by atoms with E-state index in [-0.39, 0.29) is 12.2 Å². The van der Waals surface area contributed by atoms with E-state index in [9.17, 15) is 4.79 Å². The van der Waals surface area contributed by atoms with Gasteiger partial charge in [0, 0.05) is 0 Å². The van der Waals surface area contributed by atoms with Crippen molar-refractivity contribution in [3.63, 3.8) is 0 Å². The molecule has 0 fully saturated rings. The van der Waals surface area contributed by atoms with Gasteiger partial charge in [-0.05, 0) is 53.3 Å². The predicted molar refractivity (Wildman–Crippen MR) is 113 cm³/mol. The summed E-state index contributed by atoms with van der Waals surface area (Å²) in [6.07, 6.45) is 0. The minimum atomic E-state index is -0.401. The molecule has 0 unspecified atom stereocenters. The molecule has 3 nitrogen and oxygen atoms in total. The van der Waals surface area contributed by atoms with E-state index in [1.54, 1.807) is 12.1 Å². The molecule has 3 heteroatoms. The van der Waals surface area contributed by atoms with Crippen LogP contribution in [-0.4, -0.2) is 12.8 Å². The molecule has 0 spiro atoms. The summed E-state index contributed by atoms with van der Waals surface area (Å²) in [4.78, 5) is 12.3. The third-order valence-corrected chi connectivity index (χ3v) is 4.57. The molecule has 0 aliphatic carbocycles. The lowest BCUT2D eigenvalue weighted by atomic mass is 9.81. The summed E-state index contributed by atoms with van der Waals surface area (Å²) in [7, 11) is 0. The van der Waals surface area contributed by atoms with Gasteiger partial charge in [-0.25, -0.2) is 4.79 Å². The average Bonchev–Trinajstić information content (AvgIpc) is 2.68. The first-order valence-electron chi connectivity index (χ1n) is 9.41. The van der Waals surface area contributed by atoms with E-state index >= 15 is 0 Å². The third-order valence-electron chi connectivity index (χ3n) is 4.57. The fraction of sp³-hybridized carbons (Fsp3) is 0.240. The van der Waals surface area contributed by atoms with Crippen molar-refractivity contribution in [1.82, 2.24) is 0 Å². The highest BCUT2D eigenvalue weighted by atomic mass is 16.7. The molecular formula is C25H26O3. The van der Waals surface area contributed by atoms with Crippen molar-refractivity contribution in [2.45, 2.75) is 33.1 Å². The topological polar surface area (TPSA) is 35.5 Å². The smallest absolute Gasteiger partial charge is 0.340 e. The van der Waals surface area contributed by atoms with Crippen LogP contribution in [0.2, 0.25) is 0 Å². The van der Waals surface area contributed by atoms with Crippen LogP contribution < -0.4 is 4.74 Å².